The number of amidine groups is 1. The summed E-state index contributed by atoms with van der Waals surface area (Å²) in [6.07, 6.45) is 21.1. The minimum atomic E-state index is 0.547. The van der Waals surface area contributed by atoms with Gasteiger partial charge in [-0.15, -0.1) is 0 Å². The molecule has 0 aliphatic heterocycles. The molecule has 0 spiro atoms. The predicted octanol–water partition coefficient (Wildman–Crippen LogP) is 6.46. The number of unbranched alkanes of at least 4 members (excludes halogenated alkanes) is 1. The lowest BCUT2D eigenvalue weighted by molar-refractivity contribution is 0.411. The van der Waals surface area contributed by atoms with Crippen LogP contribution in [0.2, 0.25) is 0 Å². The standard InChI is InChI=1S/C23H36N2/c1-6-9-12-16-21(8-3)19-24-23(22-17-13-11-14-18-22)25(5)20(4)15-10-7-2/h7-8,10,12,15-16,22H,2,4,6,9,11,13-14,17-19H2,1,3,5H3/b15-10-,16-12-,21-8+,24-23?. The Kier molecular flexibility index (Phi) is 10.6. The number of hydrogen-bond donors (Lipinski definition) is 0. The van der Waals surface area contributed by atoms with Gasteiger partial charge in [-0.2, -0.15) is 0 Å². The first-order valence-corrected chi connectivity index (χ1v) is 9.71. The van der Waals surface area contributed by atoms with Crippen LogP contribution in [0, 0.1) is 5.92 Å². The van der Waals surface area contributed by atoms with E-state index in [2.05, 4.69) is 57.2 Å². The molecule has 0 aromatic carbocycles. The van der Waals surface area contributed by atoms with Gasteiger partial charge in [-0.3, -0.25) is 4.99 Å². The van der Waals surface area contributed by atoms with Gasteiger partial charge in [0.25, 0.3) is 0 Å². The van der Waals surface area contributed by atoms with Crippen molar-refractivity contribution in [2.24, 2.45) is 10.9 Å². The molecule has 0 aromatic heterocycles. The number of hydrogen-bond acceptors (Lipinski definition) is 1. The van der Waals surface area contributed by atoms with Gasteiger partial charge >= 0.3 is 0 Å². The highest BCUT2D eigenvalue weighted by atomic mass is 15.2. The van der Waals surface area contributed by atoms with E-state index in [9.17, 15) is 0 Å². The third-order valence-electron chi connectivity index (χ3n) is 4.75. The maximum atomic E-state index is 5.03. The Hall–Kier alpha value is -1.83. The second kappa shape index (κ2) is 12.5. The van der Waals surface area contributed by atoms with Crippen LogP contribution in [0.25, 0.3) is 0 Å². The maximum Gasteiger partial charge on any atom is 0.107 e. The third kappa shape index (κ3) is 7.72. The second-order valence-corrected chi connectivity index (χ2v) is 6.71. The summed E-state index contributed by atoms with van der Waals surface area (Å²) in [4.78, 5) is 7.19. The zero-order valence-electron chi connectivity index (χ0n) is 16.5. The van der Waals surface area contributed by atoms with Gasteiger partial charge in [0.2, 0.25) is 0 Å². The van der Waals surface area contributed by atoms with Crippen LogP contribution in [0.1, 0.15) is 58.8 Å². The Balaban J connectivity index is 2.94. The van der Waals surface area contributed by atoms with Crippen molar-refractivity contribution in [1.82, 2.24) is 4.90 Å². The van der Waals surface area contributed by atoms with Crippen molar-refractivity contribution in [2.45, 2.75) is 58.8 Å². The molecular weight excluding hydrogens is 304 g/mol. The maximum absolute atomic E-state index is 5.03. The molecular formula is C23H36N2. The summed E-state index contributed by atoms with van der Waals surface area (Å²) in [5.74, 6) is 1.73. The molecule has 1 fully saturated rings. The van der Waals surface area contributed by atoms with Crippen LogP contribution in [-0.2, 0) is 0 Å². The summed E-state index contributed by atoms with van der Waals surface area (Å²) in [6, 6.07) is 0. The fourth-order valence-electron chi connectivity index (χ4n) is 3.12. The fourth-order valence-corrected chi connectivity index (χ4v) is 3.12. The average Bonchev–Trinajstić information content (AvgIpc) is 2.65. The van der Waals surface area contributed by atoms with E-state index in [0.717, 1.165) is 18.7 Å². The Morgan fingerprint density at radius 2 is 1.92 bits per heavy atom. The van der Waals surface area contributed by atoms with Crippen LogP contribution >= 0.6 is 0 Å². The summed E-state index contributed by atoms with van der Waals surface area (Å²) >= 11 is 0. The van der Waals surface area contributed by atoms with Gasteiger partial charge in [0.1, 0.15) is 5.84 Å². The van der Waals surface area contributed by atoms with Crippen molar-refractivity contribution in [1.29, 1.82) is 0 Å². The number of rotatable bonds is 9. The molecule has 0 amide bonds. The minimum Gasteiger partial charge on any atom is -0.334 e. The molecule has 1 aliphatic rings. The molecule has 25 heavy (non-hydrogen) atoms. The van der Waals surface area contributed by atoms with E-state index in [1.165, 1.54) is 49.9 Å². The number of likely N-dealkylation sites (N-methyl/N-ethyl adjacent to an activating group) is 1. The van der Waals surface area contributed by atoms with E-state index in [1.807, 2.05) is 12.2 Å². The smallest absolute Gasteiger partial charge is 0.107 e. The molecule has 0 aromatic rings. The monoisotopic (exact) mass is 340 g/mol. The summed E-state index contributed by atoms with van der Waals surface area (Å²) in [6.45, 7) is 13.0. The van der Waals surface area contributed by atoms with Gasteiger partial charge in [-0.25, -0.2) is 0 Å². The van der Waals surface area contributed by atoms with Crippen LogP contribution in [0.15, 0.2) is 65.9 Å². The predicted molar refractivity (Wildman–Crippen MR) is 113 cm³/mol. The van der Waals surface area contributed by atoms with E-state index < -0.39 is 0 Å². The molecule has 0 N–H and O–H groups in total. The Morgan fingerprint density at radius 3 is 2.52 bits per heavy atom. The van der Waals surface area contributed by atoms with Crippen LogP contribution in [-0.4, -0.2) is 24.3 Å². The zero-order chi connectivity index (χ0) is 18.5. The highest BCUT2D eigenvalue weighted by Crippen LogP contribution is 2.27. The van der Waals surface area contributed by atoms with Crippen LogP contribution in [0.3, 0.4) is 0 Å². The van der Waals surface area contributed by atoms with Crippen molar-refractivity contribution in [3.05, 3.63) is 60.9 Å². The normalized spacial score (nSPS) is 17.4. The zero-order valence-corrected chi connectivity index (χ0v) is 16.5. The molecule has 1 rings (SSSR count). The topological polar surface area (TPSA) is 15.6 Å². The van der Waals surface area contributed by atoms with Gasteiger partial charge in [-0.1, -0.05) is 76.1 Å². The molecule has 138 valence electrons. The molecule has 2 nitrogen and oxygen atoms in total. The van der Waals surface area contributed by atoms with Gasteiger partial charge in [-0.05, 0) is 37.8 Å². The molecule has 1 saturated carbocycles. The Labute approximate surface area is 155 Å². The van der Waals surface area contributed by atoms with Crippen molar-refractivity contribution in [3.8, 4) is 0 Å². The largest absolute Gasteiger partial charge is 0.334 e. The summed E-state index contributed by atoms with van der Waals surface area (Å²) in [5, 5.41) is 0. The Bertz CT molecular complexity index is 528. The summed E-state index contributed by atoms with van der Waals surface area (Å²) in [7, 11) is 2.09. The Morgan fingerprint density at radius 1 is 1.20 bits per heavy atom. The van der Waals surface area contributed by atoms with Crippen LogP contribution < -0.4 is 0 Å². The van der Waals surface area contributed by atoms with Gasteiger partial charge in [0.15, 0.2) is 0 Å². The van der Waals surface area contributed by atoms with E-state index in [1.54, 1.807) is 6.08 Å². The molecule has 2 heteroatoms. The minimum absolute atomic E-state index is 0.547. The molecule has 1 aliphatic carbocycles. The number of aliphatic imine (C=N–C) groups is 1. The van der Waals surface area contributed by atoms with Crippen molar-refractivity contribution < 1.29 is 0 Å². The number of nitrogens with zero attached hydrogens (tertiary/aromatic N) is 2. The summed E-state index contributed by atoms with van der Waals surface area (Å²) in [5.41, 5.74) is 2.25. The second-order valence-electron chi connectivity index (χ2n) is 6.71. The molecule has 0 unspecified atom stereocenters. The van der Waals surface area contributed by atoms with Crippen molar-refractivity contribution >= 4 is 5.84 Å². The highest BCUT2D eigenvalue weighted by Gasteiger charge is 2.22. The van der Waals surface area contributed by atoms with Gasteiger partial charge in [0, 0.05) is 18.7 Å². The van der Waals surface area contributed by atoms with E-state index in [0.29, 0.717) is 5.92 Å². The van der Waals surface area contributed by atoms with Crippen LogP contribution in [0.5, 0.6) is 0 Å². The SMILES string of the molecule is C=C/C=C\C(=C)N(C)C(=NCC(/C=C\CCC)=C/C)C1CCCCC1. The lowest BCUT2D eigenvalue weighted by Gasteiger charge is -2.31. The van der Waals surface area contributed by atoms with Crippen LogP contribution in [0.4, 0.5) is 0 Å². The third-order valence-corrected chi connectivity index (χ3v) is 4.75. The van der Waals surface area contributed by atoms with Crippen molar-refractivity contribution in [3.63, 3.8) is 0 Å². The average molecular weight is 341 g/mol. The lowest BCUT2D eigenvalue weighted by atomic mass is 9.87. The molecule has 0 saturated heterocycles. The van der Waals surface area contributed by atoms with Gasteiger partial charge in [0.05, 0.1) is 6.54 Å². The van der Waals surface area contributed by atoms with E-state index in [4.69, 9.17) is 4.99 Å². The summed E-state index contributed by atoms with van der Waals surface area (Å²) < 4.78 is 0. The first-order valence-electron chi connectivity index (χ1n) is 9.71. The highest BCUT2D eigenvalue weighted by molar-refractivity contribution is 5.86. The van der Waals surface area contributed by atoms with E-state index >= 15 is 0 Å². The van der Waals surface area contributed by atoms with E-state index in [-0.39, 0.29) is 0 Å². The molecule has 0 heterocycles. The van der Waals surface area contributed by atoms with Gasteiger partial charge < -0.3 is 4.90 Å². The molecule has 0 bridgehead atoms. The number of allylic oxidation sites excluding steroid dienone is 5. The van der Waals surface area contributed by atoms with Crippen molar-refractivity contribution in [2.75, 3.05) is 13.6 Å². The molecule has 0 radical (unpaired) electrons. The fraction of sp³-hybridized carbons (Fsp3) is 0.522. The molecule has 0 atom stereocenters. The first-order chi connectivity index (χ1) is 12.1. The first kappa shape index (κ1) is 21.2. The quantitative estimate of drug-likeness (QED) is 0.267. The lowest BCUT2D eigenvalue weighted by Crippen LogP contribution is -2.33.